The van der Waals surface area contributed by atoms with E-state index in [1.54, 1.807) is 0 Å². The van der Waals surface area contributed by atoms with E-state index in [0.29, 0.717) is 0 Å². The van der Waals surface area contributed by atoms with Crippen molar-refractivity contribution in [2.75, 3.05) is 0 Å². The van der Waals surface area contributed by atoms with Gasteiger partial charge in [-0.15, -0.1) is 0 Å². The third kappa shape index (κ3) is 8.84. The average molecular weight is 292 g/mol. The molecule has 0 aromatic rings. The molecule has 0 atom stereocenters. The van der Waals surface area contributed by atoms with Gasteiger partial charge in [-0.1, -0.05) is 0 Å². The second-order valence-electron chi connectivity index (χ2n) is 0. The third-order valence-corrected chi connectivity index (χ3v) is 0. The van der Waals surface area contributed by atoms with Crippen LogP contribution in [0.4, 0.5) is 0 Å². The molecule has 4 heavy (non-hydrogen) atoms. The van der Waals surface area contributed by atoms with Crippen LogP contribution in [0.1, 0.15) is 0 Å². The predicted molar refractivity (Wildman–Crippen MR) is 13.6 cm³/mol. The van der Waals surface area contributed by atoms with Crippen LogP contribution in [0, 0.1) is 0 Å². The topological polar surface area (TPSA) is 31.5 Å². The fourth-order valence-electron chi connectivity index (χ4n) is 0. The van der Waals surface area contributed by atoms with E-state index in [1.165, 1.54) is 0 Å². The Balaban J connectivity index is 0. The molecule has 0 spiro atoms. The first kappa shape index (κ1) is 33.1. The van der Waals surface area contributed by atoms with Crippen molar-refractivity contribution in [3.8, 4) is 0 Å². The summed E-state index contributed by atoms with van der Waals surface area (Å²) in [6.07, 6.45) is 0. The zero-order valence-corrected chi connectivity index (χ0v) is 7.13. The molecule has 0 aliphatic rings. The van der Waals surface area contributed by atoms with E-state index in [4.69, 9.17) is 0 Å². The molecule has 0 radical (unpaired) electrons. The van der Waals surface area contributed by atoms with Gasteiger partial charge in [0.25, 0.3) is 0 Å². The molecule has 0 rings (SSSR count). The molecule has 0 bridgehead atoms. The van der Waals surface area contributed by atoms with Gasteiger partial charge in [0.15, 0.2) is 0 Å². The molecular formula is H5InOZnZr. The monoisotopic (exact) mass is 290 g/mol. The van der Waals surface area contributed by atoms with Crippen LogP contribution in [-0.4, -0.2) is 31.3 Å². The van der Waals surface area contributed by atoms with Crippen LogP contribution >= 0.6 is 0 Å². The molecule has 0 unspecified atom stereocenters. The van der Waals surface area contributed by atoms with Gasteiger partial charge in [-0.25, -0.2) is 0 Å². The summed E-state index contributed by atoms with van der Waals surface area (Å²) in [5, 5.41) is 0. The van der Waals surface area contributed by atoms with Crippen LogP contribution in [0.2, 0.25) is 0 Å². The van der Waals surface area contributed by atoms with Gasteiger partial charge in [-0.2, -0.15) is 0 Å². The molecule has 20 valence electrons. The van der Waals surface area contributed by atoms with Crippen molar-refractivity contribution in [3.63, 3.8) is 0 Å². The first-order valence-electron chi connectivity index (χ1n) is 0. The van der Waals surface area contributed by atoms with Crippen molar-refractivity contribution in [2.24, 2.45) is 0 Å². The smallest absolute Gasteiger partial charge is 0 e. The van der Waals surface area contributed by atoms with Gasteiger partial charge < -0.3 is 5.48 Å². The van der Waals surface area contributed by atoms with Crippen molar-refractivity contribution >= 4 is 25.8 Å². The summed E-state index contributed by atoms with van der Waals surface area (Å²) in [7, 11) is 0. The molecule has 0 aromatic carbocycles. The molecule has 0 fully saturated rings. The minimum Gasteiger partial charge on any atom is 0 e. The van der Waals surface area contributed by atoms with Crippen LogP contribution in [0.25, 0.3) is 0 Å². The van der Waals surface area contributed by atoms with E-state index in [0.717, 1.165) is 0 Å². The van der Waals surface area contributed by atoms with Crippen molar-refractivity contribution in [1.29, 1.82) is 0 Å². The molecule has 0 amide bonds. The van der Waals surface area contributed by atoms with Crippen molar-refractivity contribution < 1.29 is 51.2 Å². The number of hydrogen-bond acceptors (Lipinski definition) is 0. The maximum atomic E-state index is 0. The molecule has 0 heterocycles. The fraction of sp³-hybridized carbons (Fsp3) is 0. The van der Waals surface area contributed by atoms with Crippen LogP contribution in [0.3, 0.4) is 0 Å². The summed E-state index contributed by atoms with van der Waals surface area (Å²) < 4.78 is 0. The Morgan fingerprint density at radius 1 is 1.00 bits per heavy atom. The maximum Gasteiger partial charge on any atom is 0 e. The normalized spacial score (nSPS) is 0. The zero-order chi connectivity index (χ0) is 0. The van der Waals surface area contributed by atoms with Gasteiger partial charge >= 0.3 is 25.8 Å². The minimum atomic E-state index is 0. The number of rotatable bonds is 0. The molecule has 1 nitrogen and oxygen atoms in total. The van der Waals surface area contributed by atoms with E-state index in [9.17, 15) is 0 Å². The molecular weight excluding hydrogens is 287 g/mol. The summed E-state index contributed by atoms with van der Waals surface area (Å²) in [5.74, 6) is 0. The van der Waals surface area contributed by atoms with Crippen LogP contribution in [-0.2, 0) is 45.7 Å². The van der Waals surface area contributed by atoms with Crippen molar-refractivity contribution in [1.82, 2.24) is 0 Å². The first-order chi connectivity index (χ1) is 0. The second kappa shape index (κ2) is 18.4. The van der Waals surface area contributed by atoms with Crippen molar-refractivity contribution in [3.05, 3.63) is 0 Å². The van der Waals surface area contributed by atoms with E-state index in [1.807, 2.05) is 0 Å². The summed E-state index contributed by atoms with van der Waals surface area (Å²) in [6.45, 7) is 0. The minimum absolute atomic E-state index is 0. The quantitative estimate of drug-likeness (QED) is 0.462. The summed E-state index contributed by atoms with van der Waals surface area (Å²) in [5.41, 5.74) is 0. The zero-order valence-electron chi connectivity index (χ0n) is 1.71. The molecule has 2 N–H and O–H groups in total. The number of hydrogen-bond donors (Lipinski definition) is 0. The molecule has 0 aliphatic heterocycles. The Labute approximate surface area is 75.9 Å². The van der Waals surface area contributed by atoms with E-state index in [2.05, 4.69) is 0 Å². The van der Waals surface area contributed by atoms with Gasteiger partial charge in [0.1, 0.15) is 0 Å². The van der Waals surface area contributed by atoms with Crippen LogP contribution in [0.5, 0.6) is 0 Å². The standard InChI is InChI=1S/In.H2O.Zn.Zr.3H/h;1H2;;;;;. The molecule has 0 saturated heterocycles. The van der Waals surface area contributed by atoms with Gasteiger partial charge in [0, 0.05) is 45.7 Å². The Morgan fingerprint density at radius 3 is 1.00 bits per heavy atom. The summed E-state index contributed by atoms with van der Waals surface area (Å²) in [4.78, 5) is 0. The van der Waals surface area contributed by atoms with Crippen LogP contribution in [0.15, 0.2) is 0 Å². The SMILES string of the molecule is O.[InH3].[Zn].[Zr]. The van der Waals surface area contributed by atoms with Gasteiger partial charge in [0.2, 0.25) is 0 Å². The van der Waals surface area contributed by atoms with Gasteiger partial charge in [-0.3, -0.25) is 0 Å². The summed E-state index contributed by atoms with van der Waals surface area (Å²) in [6, 6.07) is 0. The van der Waals surface area contributed by atoms with Crippen molar-refractivity contribution in [2.45, 2.75) is 0 Å². The Hall–Kier alpha value is 2.34. The van der Waals surface area contributed by atoms with E-state index >= 15 is 0 Å². The molecule has 0 aliphatic carbocycles. The third-order valence-electron chi connectivity index (χ3n) is 0. The molecule has 0 aromatic heterocycles. The van der Waals surface area contributed by atoms with E-state index in [-0.39, 0.29) is 77.0 Å². The predicted octanol–water partition coefficient (Wildman–Crippen LogP) is -2.01. The Kier molecular flexibility index (Phi) is 152. The fourth-order valence-corrected chi connectivity index (χ4v) is 0. The Bertz CT molecular complexity index is 8.00. The molecule has 4 heteroatoms. The summed E-state index contributed by atoms with van der Waals surface area (Å²) >= 11 is 0. The van der Waals surface area contributed by atoms with Gasteiger partial charge in [-0.05, 0) is 0 Å². The Morgan fingerprint density at radius 2 is 1.00 bits per heavy atom. The molecule has 0 saturated carbocycles. The van der Waals surface area contributed by atoms with Gasteiger partial charge in [0.05, 0.1) is 0 Å². The average Bonchev–Trinajstić information content (AvgIpc) is 0. The maximum absolute atomic E-state index is 0. The van der Waals surface area contributed by atoms with E-state index < -0.39 is 0 Å². The van der Waals surface area contributed by atoms with Crippen LogP contribution < -0.4 is 0 Å². The largest absolute Gasteiger partial charge is 0 e. The first-order valence-corrected chi connectivity index (χ1v) is 0. The second-order valence-corrected chi connectivity index (χ2v) is 0.